The van der Waals surface area contributed by atoms with Gasteiger partial charge in [-0.15, -0.1) is 11.3 Å². The summed E-state index contributed by atoms with van der Waals surface area (Å²) in [5.41, 5.74) is 6.13. The molecule has 1 fully saturated rings. The van der Waals surface area contributed by atoms with Crippen molar-refractivity contribution in [3.63, 3.8) is 0 Å². The number of hydrogen-bond donors (Lipinski definition) is 2. The molecule has 2 rings (SSSR count). The molecule has 0 aromatic carbocycles. The Morgan fingerprint density at radius 2 is 2.29 bits per heavy atom. The molecule has 0 amide bonds. The van der Waals surface area contributed by atoms with E-state index in [0.29, 0.717) is 12.0 Å². The zero-order valence-corrected chi connectivity index (χ0v) is 11.4. The minimum absolute atomic E-state index is 0.402. The smallest absolute Gasteiger partial charge is 0.107 e. The van der Waals surface area contributed by atoms with E-state index >= 15 is 0 Å². The molecule has 2 atom stereocenters. The van der Waals surface area contributed by atoms with E-state index in [1.807, 2.05) is 17.5 Å². The number of aryl methyl sites for hydroxylation is 1. The highest BCUT2D eigenvalue weighted by atomic mass is 32.1. The van der Waals surface area contributed by atoms with Crippen LogP contribution < -0.4 is 11.1 Å². The first-order valence-electron chi connectivity index (χ1n) is 6.69. The Labute approximate surface area is 108 Å². The molecule has 1 aromatic heterocycles. The monoisotopic (exact) mass is 253 g/mol. The van der Waals surface area contributed by atoms with Crippen LogP contribution in [0.1, 0.15) is 42.5 Å². The predicted molar refractivity (Wildman–Crippen MR) is 73.1 cm³/mol. The SMILES string of the molecule is CCc1cnc(CNCC2CCCCC2N)s1. The third-order valence-electron chi connectivity index (χ3n) is 3.60. The van der Waals surface area contributed by atoms with Crippen molar-refractivity contribution in [1.29, 1.82) is 0 Å². The summed E-state index contributed by atoms with van der Waals surface area (Å²) in [6.07, 6.45) is 8.22. The lowest BCUT2D eigenvalue weighted by molar-refractivity contribution is 0.296. The van der Waals surface area contributed by atoms with Crippen molar-refractivity contribution in [2.75, 3.05) is 6.54 Å². The number of nitrogens with one attached hydrogen (secondary N) is 1. The zero-order chi connectivity index (χ0) is 12.1. The Morgan fingerprint density at radius 1 is 1.47 bits per heavy atom. The highest BCUT2D eigenvalue weighted by Gasteiger charge is 2.21. The quantitative estimate of drug-likeness (QED) is 0.846. The van der Waals surface area contributed by atoms with E-state index in [0.717, 1.165) is 19.5 Å². The molecule has 2 unspecified atom stereocenters. The second kappa shape index (κ2) is 6.47. The summed E-state index contributed by atoms with van der Waals surface area (Å²) in [5.74, 6) is 0.661. The largest absolute Gasteiger partial charge is 0.327 e. The molecular formula is C13H23N3S. The van der Waals surface area contributed by atoms with Gasteiger partial charge in [-0.05, 0) is 31.7 Å². The van der Waals surface area contributed by atoms with Gasteiger partial charge in [0.1, 0.15) is 5.01 Å². The first-order chi connectivity index (χ1) is 8.29. The molecule has 0 aliphatic heterocycles. The number of thiazole rings is 1. The molecule has 96 valence electrons. The van der Waals surface area contributed by atoms with Gasteiger partial charge in [-0.25, -0.2) is 4.98 Å². The van der Waals surface area contributed by atoms with Crippen molar-refractivity contribution in [2.45, 2.75) is 51.6 Å². The topological polar surface area (TPSA) is 50.9 Å². The summed E-state index contributed by atoms with van der Waals surface area (Å²) in [4.78, 5) is 5.78. The molecule has 0 saturated heterocycles. The fraction of sp³-hybridized carbons (Fsp3) is 0.769. The summed E-state index contributed by atoms with van der Waals surface area (Å²) >= 11 is 1.82. The Bertz CT molecular complexity index is 337. The average molecular weight is 253 g/mol. The molecule has 0 spiro atoms. The van der Waals surface area contributed by atoms with E-state index < -0.39 is 0 Å². The highest BCUT2D eigenvalue weighted by molar-refractivity contribution is 7.11. The van der Waals surface area contributed by atoms with E-state index in [2.05, 4.69) is 17.2 Å². The van der Waals surface area contributed by atoms with Crippen LogP contribution in [0.15, 0.2) is 6.20 Å². The second-order valence-electron chi connectivity index (χ2n) is 4.91. The van der Waals surface area contributed by atoms with Gasteiger partial charge in [-0.1, -0.05) is 19.8 Å². The maximum Gasteiger partial charge on any atom is 0.107 e. The van der Waals surface area contributed by atoms with Crippen molar-refractivity contribution < 1.29 is 0 Å². The van der Waals surface area contributed by atoms with E-state index in [1.165, 1.54) is 35.6 Å². The van der Waals surface area contributed by atoms with E-state index in [4.69, 9.17) is 5.73 Å². The van der Waals surface area contributed by atoms with Gasteiger partial charge >= 0.3 is 0 Å². The summed E-state index contributed by atoms with van der Waals surface area (Å²) in [7, 11) is 0. The summed E-state index contributed by atoms with van der Waals surface area (Å²) in [6, 6.07) is 0.402. The van der Waals surface area contributed by atoms with Crippen molar-refractivity contribution in [3.05, 3.63) is 16.1 Å². The van der Waals surface area contributed by atoms with Gasteiger partial charge < -0.3 is 11.1 Å². The molecular weight excluding hydrogens is 230 g/mol. The fourth-order valence-electron chi connectivity index (χ4n) is 2.45. The Balaban J connectivity index is 1.71. The first-order valence-corrected chi connectivity index (χ1v) is 7.51. The van der Waals surface area contributed by atoms with Crippen molar-refractivity contribution in [3.8, 4) is 0 Å². The predicted octanol–water partition coefficient (Wildman–Crippen LogP) is 2.31. The van der Waals surface area contributed by atoms with Gasteiger partial charge in [0.25, 0.3) is 0 Å². The minimum atomic E-state index is 0.402. The molecule has 4 heteroatoms. The Morgan fingerprint density at radius 3 is 3.00 bits per heavy atom. The first kappa shape index (κ1) is 13.0. The van der Waals surface area contributed by atoms with Crippen LogP contribution in [0.5, 0.6) is 0 Å². The van der Waals surface area contributed by atoms with Crippen LogP contribution in [0.3, 0.4) is 0 Å². The molecule has 17 heavy (non-hydrogen) atoms. The Hall–Kier alpha value is -0.450. The van der Waals surface area contributed by atoms with Gasteiger partial charge in [-0.2, -0.15) is 0 Å². The third-order valence-corrected chi connectivity index (χ3v) is 4.74. The minimum Gasteiger partial charge on any atom is -0.327 e. The maximum atomic E-state index is 6.13. The summed E-state index contributed by atoms with van der Waals surface area (Å²) < 4.78 is 0. The van der Waals surface area contributed by atoms with Crippen LogP contribution in [0.25, 0.3) is 0 Å². The average Bonchev–Trinajstić information content (AvgIpc) is 2.80. The molecule has 1 aromatic rings. The fourth-order valence-corrected chi connectivity index (χ4v) is 3.28. The van der Waals surface area contributed by atoms with Crippen LogP contribution in [-0.2, 0) is 13.0 Å². The van der Waals surface area contributed by atoms with Crippen molar-refractivity contribution in [1.82, 2.24) is 10.3 Å². The lowest BCUT2D eigenvalue weighted by Gasteiger charge is -2.28. The molecule has 0 bridgehead atoms. The van der Waals surface area contributed by atoms with E-state index in [9.17, 15) is 0 Å². The summed E-state index contributed by atoms with van der Waals surface area (Å²) in [6.45, 7) is 4.11. The van der Waals surface area contributed by atoms with E-state index in [1.54, 1.807) is 0 Å². The molecule has 3 nitrogen and oxygen atoms in total. The van der Waals surface area contributed by atoms with Gasteiger partial charge in [0.05, 0.1) is 0 Å². The Kier molecular flexibility index (Phi) is 4.95. The molecule has 1 aliphatic rings. The second-order valence-corrected chi connectivity index (χ2v) is 6.11. The number of nitrogens with two attached hydrogens (primary N) is 1. The van der Waals surface area contributed by atoms with Crippen molar-refractivity contribution >= 4 is 11.3 Å². The third kappa shape index (κ3) is 3.76. The standard InChI is InChI=1S/C13H23N3S/c1-2-11-8-16-13(17-11)9-15-7-10-5-3-4-6-12(10)14/h8,10,12,15H,2-7,9,14H2,1H3. The van der Waals surface area contributed by atoms with Crippen molar-refractivity contribution in [2.24, 2.45) is 11.7 Å². The molecule has 1 aliphatic carbocycles. The normalized spacial score (nSPS) is 25.1. The molecule has 0 radical (unpaired) electrons. The maximum absolute atomic E-state index is 6.13. The van der Waals surface area contributed by atoms with Crippen LogP contribution in [0.4, 0.5) is 0 Å². The molecule has 3 N–H and O–H groups in total. The number of nitrogens with zero attached hydrogens (tertiary/aromatic N) is 1. The van der Waals surface area contributed by atoms with Gasteiger partial charge in [-0.3, -0.25) is 0 Å². The van der Waals surface area contributed by atoms with E-state index in [-0.39, 0.29) is 0 Å². The number of rotatable bonds is 5. The number of hydrogen-bond acceptors (Lipinski definition) is 4. The van der Waals surface area contributed by atoms with Crippen LogP contribution in [0, 0.1) is 5.92 Å². The van der Waals surface area contributed by atoms with Gasteiger partial charge in [0.15, 0.2) is 0 Å². The van der Waals surface area contributed by atoms with Gasteiger partial charge in [0, 0.05) is 23.7 Å². The van der Waals surface area contributed by atoms with Crippen LogP contribution in [-0.4, -0.2) is 17.6 Å². The molecule has 1 saturated carbocycles. The zero-order valence-electron chi connectivity index (χ0n) is 10.6. The molecule has 1 heterocycles. The summed E-state index contributed by atoms with van der Waals surface area (Å²) in [5, 5.41) is 4.71. The number of aromatic nitrogens is 1. The van der Waals surface area contributed by atoms with Crippen LogP contribution >= 0.6 is 11.3 Å². The lowest BCUT2D eigenvalue weighted by Crippen LogP contribution is -2.39. The van der Waals surface area contributed by atoms with Gasteiger partial charge in [0.2, 0.25) is 0 Å². The lowest BCUT2D eigenvalue weighted by atomic mass is 9.85. The highest BCUT2D eigenvalue weighted by Crippen LogP contribution is 2.22. The van der Waals surface area contributed by atoms with Crippen LogP contribution in [0.2, 0.25) is 0 Å².